The van der Waals surface area contributed by atoms with Gasteiger partial charge < -0.3 is 0 Å². The van der Waals surface area contributed by atoms with Gasteiger partial charge in [0.05, 0.1) is 20.9 Å². The monoisotopic (exact) mass is 349 g/mol. The topological polar surface area (TPSA) is 102 Å². The highest BCUT2D eigenvalue weighted by molar-refractivity contribution is 7.92. The molecule has 114 valence electrons. The van der Waals surface area contributed by atoms with Crippen LogP contribution < -0.4 is 4.72 Å². The van der Waals surface area contributed by atoms with E-state index in [1.165, 1.54) is 18.2 Å². The van der Waals surface area contributed by atoms with Gasteiger partial charge in [-0.1, -0.05) is 18.3 Å². The van der Waals surface area contributed by atoms with Crippen LogP contribution in [0.2, 0.25) is 0 Å². The van der Waals surface area contributed by atoms with Crippen molar-refractivity contribution in [1.82, 2.24) is 4.98 Å². The van der Waals surface area contributed by atoms with E-state index in [1.54, 1.807) is 6.92 Å². The van der Waals surface area contributed by atoms with Gasteiger partial charge in [-0.3, -0.25) is 14.8 Å². The molecule has 10 heteroatoms. The SMILES string of the molecule is CC(CCl)CS(=O)(=O)Nc1nc2ccc([N+](=O)[O-])cc2s1. The maximum Gasteiger partial charge on any atom is 0.270 e. The number of fused-ring (bicyclic) bond motifs is 1. The molecule has 0 saturated carbocycles. The Kier molecular flexibility index (Phi) is 4.64. The molecule has 0 radical (unpaired) electrons. The molecule has 0 aliphatic heterocycles. The maximum atomic E-state index is 11.9. The molecule has 0 aliphatic rings. The molecule has 0 fully saturated rings. The Morgan fingerprint density at radius 1 is 1.52 bits per heavy atom. The van der Waals surface area contributed by atoms with Gasteiger partial charge in [0.1, 0.15) is 0 Å². The van der Waals surface area contributed by atoms with E-state index in [0.29, 0.717) is 10.2 Å². The van der Waals surface area contributed by atoms with E-state index in [4.69, 9.17) is 11.6 Å². The number of thiazole rings is 1. The zero-order valence-electron chi connectivity index (χ0n) is 10.9. The zero-order chi connectivity index (χ0) is 15.6. The minimum absolute atomic E-state index is 0.0590. The fraction of sp³-hybridized carbons (Fsp3) is 0.364. The molecule has 0 bridgehead atoms. The average Bonchev–Trinajstić information content (AvgIpc) is 2.77. The average molecular weight is 350 g/mol. The summed E-state index contributed by atoms with van der Waals surface area (Å²) < 4.78 is 26.7. The molecule has 0 saturated heterocycles. The first-order chi connectivity index (χ1) is 9.80. The third-order valence-corrected chi connectivity index (χ3v) is 5.69. The van der Waals surface area contributed by atoms with Crippen LogP contribution in [0.5, 0.6) is 0 Å². The molecule has 1 atom stereocenters. The lowest BCUT2D eigenvalue weighted by atomic mass is 10.3. The highest BCUT2D eigenvalue weighted by Gasteiger charge is 2.18. The number of hydrogen-bond donors (Lipinski definition) is 1. The summed E-state index contributed by atoms with van der Waals surface area (Å²) in [5, 5.41) is 10.9. The largest absolute Gasteiger partial charge is 0.270 e. The minimum atomic E-state index is -3.54. The van der Waals surface area contributed by atoms with Crippen LogP contribution in [-0.2, 0) is 10.0 Å². The van der Waals surface area contributed by atoms with E-state index in [9.17, 15) is 18.5 Å². The second-order valence-corrected chi connectivity index (χ2v) is 7.68. The van der Waals surface area contributed by atoms with Crippen LogP contribution in [0.1, 0.15) is 6.92 Å². The Bertz CT molecular complexity index is 775. The number of nitrogens with zero attached hydrogens (tertiary/aromatic N) is 2. The summed E-state index contributed by atoms with van der Waals surface area (Å²) in [4.78, 5) is 14.3. The number of nitro groups is 1. The number of aromatic nitrogens is 1. The van der Waals surface area contributed by atoms with Crippen LogP contribution in [0.25, 0.3) is 10.2 Å². The third-order valence-electron chi connectivity index (χ3n) is 2.59. The van der Waals surface area contributed by atoms with E-state index in [1.807, 2.05) is 0 Å². The summed E-state index contributed by atoms with van der Waals surface area (Å²) in [6, 6.07) is 4.19. The molecule has 2 aromatic rings. The molecule has 0 amide bonds. The number of anilines is 1. The van der Waals surface area contributed by atoms with E-state index < -0.39 is 14.9 Å². The number of alkyl halides is 1. The van der Waals surface area contributed by atoms with E-state index in [-0.39, 0.29) is 28.4 Å². The first-order valence-corrected chi connectivity index (χ1v) is 8.92. The van der Waals surface area contributed by atoms with Gasteiger partial charge in [0, 0.05) is 18.0 Å². The molecule has 2 rings (SSSR count). The lowest BCUT2D eigenvalue weighted by molar-refractivity contribution is -0.384. The summed E-state index contributed by atoms with van der Waals surface area (Å²) in [5.74, 6) is -0.0425. The van der Waals surface area contributed by atoms with Crippen molar-refractivity contribution in [3.8, 4) is 0 Å². The second-order valence-electron chi connectivity index (χ2n) is 4.57. The minimum Gasteiger partial charge on any atom is -0.259 e. The molecule has 1 heterocycles. The highest BCUT2D eigenvalue weighted by Crippen LogP contribution is 2.29. The fourth-order valence-corrected chi connectivity index (χ4v) is 4.46. The van der Waals surface area contributed by atoms with Crippen LogP contribution in [0.15, 0.2) is 18.2 Å². The molecule has 7 nitrogen and oxygen atoms in total. The van der Waals surface area contributed by atoms with E-state index >= 15 is 0 Å². The van der Waals surface area contributed by atoms with Crippen LogP contribution >= 0.6 is 22.9 Å². The number of rotatable bonds is 6. The fourth-order valence-electron chi connectivity index (χ4n) is 1.66. The lowest BCUT2D eigenvalue weighted by Gasteiger charge is -2.08. The van der Waals surface area contributed by atoms with Crippen molar-refractivity contribution in [1.29, 1.82) is 0 Å². The van der Waals surface area contributed by atoms with Gasteiger partial charge in [-0.05, 0) is 12.0 Å². The Morgan fingerprint density at radius 3 is 2.86 bits per heavy atom. The number of nitro benzene ring substituents is 1. The predicted molar refractivity (Wildman–Crippen MR) is 83.6 cm³/mol. The van der Waals surface area contributed by atoms with Crippen molar-refractivity contribution >= 4 is 54.0 Å². The number of benzene rings is 1. The van der Waals surface area contributed by atoms with E-state index in [2.05, 4.69) is 9.71 Å². The molecular weight excluding hydrogens is 338 g/mol. The Balaban J connectivity index is 2.25. The summed E-state index contributed by atoms with van der Waals surface area (Å²) in [6.45, 7) is 1.73. The Labute approximate surface area is 130 Å². The van der Waals surface area contributed by atoms with Crippen LogP contribution in [0.4, 0.5) is 10.8 Å². The standard InChI is InChI=1S/C11H12ClN3O4S2/c1-7(5-12)6-21(18,19)14-11-13-9-3-2-8(15(16)17)4-10(9)20-11/h2-4,7H,5-6H2,1H3,(H,13,14). The molecule has 1 N–H and O–H groups in total. The predicted octanol–water partition coefficient (Wildman–Crippen LogP) is 2.82. The van der Waals surface area contributed by atoms with Crippen molar-refractivity contribution < 1.29 is 13.3 Å². The van der Waals surface area contributed by atoms with Gasteiger partial charge in [-0.15, -0.1) is 11.6 Å². The van der Waals surface area contributed by atoms with Crippen molar-refractivity contribution in [3.63, 3.8) is 0 Å². The maximum absolute atomic E-state index is 11.9. The summed E-state index contributed by atoms with van der Waals surface area (Å²) >= 11 is 6.65. The molecular formula is C11H12ClN3O4S2. The Hall–Kier alpha value is -1.45. The molecule has 1 unspecified atom stereocenters. The van der Waals surface area contributed by atoms with Crippen molar-refractivity contribution in [2.75, 3.05) is 16.4 Å². The second kappa shape index (κ2) is 6.12. The van der Waals surface area contributed by atoms with Crippen LogP contribution in [0.3, 0.4) is 0 Å². The van der Waals surface area contributed by atoms with Gasteiger partial charge in [-0.2, -0.15) is 0 Å². The van der Waals surface area contributed by atoms with Gasteiger partial charge in [0.15, 0.2) is 5.13 Å². The van der Waals surface area contributed by atoms with Gasteiger partial charge in [0.25, 0.3) is 5.69 Å². The normalized spacial score (nSPS) is 13.2. The quantitative estimate of drug-likeness (QED) is 0.490. The van der Waals surface area contributed by atoms with Crippen molar-refractivity contribution in [2.24, 2.45) is 5.92 Å². The van der Waals surface area contributed by atoms with Crippen LogP contribution in [0, 0.1) is 16.0 Å². The summed E-state index contributed by atoms with van der Waals surface area (Å²) in [5.41, 5.74) is 0.449. The lowest BCUT2D eigenvalue weighted by Crippen LogP contribution is -2.21. The van der Waals surface area contributed by atoms with Crippen LogP contribution in [-0.4, -0.2) is 30.0 Å². The first-order valence-electron chi connectivity index (χ1n) is 5.92. The zero-order valence-corrected chi connectivity index (χ0v) is 13.3. The highest BCUT2D eigenvalue weighted by atomic mass is 35.5. The third kappa shape index (κ3) is 4.02. The number of nitrogens with one attached hydrogen (secondary N) is 1. The molecule has 0 aliphatic carbocycles. The number of non-ortho nitro benzene ring substituents is 1. The molecule has 0 spiro atoms. The van der Waals surface area contributed by atoms with Gasteiger partial charge >= 0.3 is 0 Å². The molecule has 1 aromatic carbocycles. The molecule has 21 heavy (non-hydrogen) atoms. The summed E-state index contributed by atoms with van der Waals surface area (Å²) in [7, 11) is -3.54. The Morgan fingerprint density at radius 2 is 2.24 bits per heavy atom. The number of hydrogen-bond acceptors (Lipinski definition) is 6. The van der Waals surface area contributed by atoms with Crippen molar-refractivity contribution in [3.05, 3.63) is 28.3 Å². The number of halogens is 1. The van der Waals surface area contributed by atoms with E-state index in [0.717, 1.165) is 11.3 Å². The smallest absolute Gasteiger partial charge is 0.259 e. The van der Waals surface area contributed by atoms with Gasteiger partial charge in [-0.25, -0.2) is 13.4 Å². The van der Waals surface area contributed by atoms with Crippen molar-refractivity contribution in [2.45, 2.75) is 6.92 Å². The summed E-state index contributed by atoms with van der Waals surface area (Å²) in [6.07, 6.45) is 0. The first kappa shape index (κ1) is 15.9. The number of sulfonamides is 1. The molecule has 1 aromatic heterocycles. The van der Waals surface area contributed by atoms with Gasteiger partial charge in [0.2, 0.25) is 10.0 Å².